The second-order valence-electron chi connectivity index (χ2n) is 4.84. The molecule has 1 N–H and O–H groups in total. The van der Waals surface area contributed by atoms with E-state index >= 15 is 0 Å². The van der Waals surface area contributed by atoms with Crippen LogP contribution in [0.3, 0.4) is 0 Å². The van der Waals surface area contributed by atoms with E-state index < -0.39 is 27.4 Å². The molecule has 104 valence electrons. The average Bonchev–Trinajstić information content (AvgIpc) is 2.11. The largest absolute Gasteiger partial charge is 0.460 e. The highest BCUT2D eigenvalue weighted by atomic mass is 35.5. The van der Waals surface area contributed by atoms with E-state index in [0.717, 1.165) is 6.26 Å². The Morgan fingerprint density at radius 2 is 2.00 bits per heavy atom. The number of esters is 1. The number of carbonyl (C=O) groups excluding carboxylic acids is 1. The molecule has 0 saturated heterocycles. The predicted octanol–water partition coefficient (Wildman–Crippen LogP) is -0.00720. The fraction of sp³-hybridized carbons (Fsp3) is 0.636. The number of ether oxygens (including phenoxy) is 1. The number of halogens is 1. The van der Waals surface area contributed by atoms with Crippen molar-refractivity contribution in [2.24, 2.45) is 0 Å². The molecule has 0 fully saturated rings. The first-order chi connectivity index (χ1) is 7.95. The summed E-state index contributed by atoms with van der Waals surface area (Å²) in [5.41, 5.74) is -0.590. The van der Waals surface area contributed by atoms with Gasteiger partial charge in [-0.1, -0.05) is 11.6 Å². The lowest BCUT2D eigenvalue weighted by atomic mass is 10.2. The van der Waals surface area contributed by atoms with Crippen LogP contribution in [0, 0.1) is 0 Å². The van der Waals surface area contributed by atoms with Gasteiger partial charge in [0.25, 0.3) is 0 Å². The van der Waals surface area contributed by atoms with Gasteiger partial charge in [0.1, 0.15) is 23.1 Å². The molecule has 0 aromatic heterocycles. The van der Waals surface area contributed by atoms with Gasteiger partial charge in [0.05, 0.1) is 0 Å². The van der Waals surface area contributed by atoms with Gasteiger partial charge < -0.3 is 4.74 Å². The molecule has 0 heterocycles. The maximum absolute atomic E-state index is 11.5. The summed E-state index contributed by atoms with van der Waals surface area (Å²) in [4.78, 5) is 14.1. The van der Waals surface area contributed by atoms with Crippen LogP contribution in [0.5, 0.6) is 0 Å². The van der Waals surface area contributed by atoms with Crippen molar-refractivity contribution in [3.63, 3.8) is 0 Å². The van der Waals surface area contributed by atoms with Crippen molar-refractivity contribution < 1.29 is 22.9 Å². The van der Waals surface area contributed by atoms with Gasteiger partial charge >= 0.3 is 5.97 Å². The van der Waals surface area contributed by atoms with Gasteiger partial charge in [-0.05, 0) is 20.8 Å². The van der Waals surface area contributed by atoms with Crippen LogP contribution in [-0.4, -0.2) is 39.0 Å². The summed E-state index contributed by atoms with van der Waals surface area (Å²) in [5, 5.41) is 0. The number of rotatable bonds is 5. The minimum Gasteiger partial charge on any atom is -0.460 e. The molecule has 18 heavy (non-hydrogen) atoms. The van der Waals surface area contributed by atoms with Crippen LogP contribution in [-0.2, 0) is 19.4 Å². The van der Waals surface area contributed by atoms with E-state index in [9.17, 15) is 13.2 Å². The van der Waals surface area contributed by atoms with Crippen molar-refractivity contribution in [3.8, 4) is 0 Å². The van der Waals surface area contributed by atoms with Gasteiger partial charge in [0.2, 0.25) is 0 Å². The van der Waals surface area contributed by atoms with Crippen molar-refractivity contribution in [1.29, 1.82) is 0 Å². The summed E-state index contributed by atoms with van der Waals surface area (Å²) < 4.78 is 27.0. The quantitative estimate of drug-likeness (QED) is 0.572. The third-order valence-corrected chi connectivity index (χ3v) is 3.57. The van der Waals surface area contributed by atoms with Crippen LogP contribution < -0.4 is 4.99 Å². The summed E-state index contributed by atoms with van der Waals surface area (Å²) in [7, 11) is -3.47. The highest BCUT2D eigenvalue weighted by Crippen LogP contribution is 2.12. The molecule has 0 spiro atoms. The average molecular weight is 297 g/mol. The normalized spacial score (nSPS) is 15.1. The Morgan fingerprint density at radius 3 is 2.33 bits per heavy atom. The van der Waals surface area contributed by atoms with Crippen LogP contribution in [0.4, 0.5) is 0 Å². The van der Waals surface area contributed by atoms with Gasteiger partial charge in [-0.2, -0.15) is 0 Å². The monoisotopic (exact) mass is 296 g/mol. The van der Waals surface area contributed by atoms with E-state index in [1.165, 1.54) is 6.08 Å². The second-order valence-corrected chi connectivity index (χ2v) is 7.46. The maximum Gasteiger partial charge on any atom is 0.313 e. The molecule has 0 bridgehead atoms. The summed E-state index contributed by atoms with van der Waals surface area (Å²) in [6.45, 7) is 8.66. The molecule has 1 atom stereocenters. The third kappa shape index (κ3) is 7.45. The van der Waals surface area contributed by atoms with Crippen molar-refractivity contribution in [2.45, 2.75) is 38.8 Å². The standard InChI is InChI=1S/C11H18ClNO4S/c1-11(2,3)17-10(14)7-8(13-4)6-9(12)18(5,15)16/h6,8H,4,7H2,1-3,5H3/p+1/b9-6+/t8-/m1/s1. The Bertz CT molecular complexity index is 448. The molecule has 0 aliphatic carbocycles. The lowest BCUT2D eigenvalue weighted by Crippen LogP contribution is -2.73. The summed E-state index contributed by atoms with van der Waals surface area (Å²) in [6, 6.07) is -0.595. The van der Waals surface area contributed by atoms with E-state index in [-0.39, 0.29) is 10.8 Å². The molecule has 0 amide bonds. The van der Waals surface area contributed by atoms with E-state index in [1.807, 2.05) is 0 Å². The fourth-order valence-electron chi connectivity index (χ4n) is 1.03. The van der Waals surface area contributed by atoms with Gasteiger partial charge in [-0.3, -0.25) is 4.79 Å². The molecular formula is C11H19ClNO4S+. The Hall–Kier alpha value is -0.880. The zero-order valence-electron chi connectivity index (χ0n) is 11.0. The minimum atomic E-state index is -3.47. The number of hydrogen-bond donors (Lipinski definition) is 1. The number of sulfone groups is 1. The van der Waals surface area contributed by atoms with E-state index in [2.05, 4.69) is 11.7 Å². The molecule has 0 aliphatic heterocycles. The van der Waals surface area contributed by atoms with Crippen molar-refractivity contribution in [2.75, 3.05) is 6.26 Å². The molecule has 7 heteroatoms. The molecule has 0 unspecified atom stereocenters. The Labute approximate surface area is 113 Å². The second kappa shape index (κ2) is 6.33. The zero-order chi connectivity index (χ0) is 14.6. The number of nitrogens with one attached hydrogen (secondary N) is 1. The van der Waals surface area contributed by atoms with Gasteiger partial charge in [0.15, 0.2) is 15.9 Å². The summed E-state index contributed by atoms with van der Waals surface area (Å²) >= 11 is 5.60. The summed E-state index contributed by atoms with van der Waals surface area (Å²) in [6.07, 6.45) is 2.17. The van der Waals surface area contributed by atoms with Gasteiger partial charge in [-0.15, -0.1) is 0 Å². The lowest BCUT2D eigenvalue weighted by molar-refractivity contribution is -0.478. The Balaban J connectivity index is 4.75. The summed E-state index contributed by atoms with van der Waals surface area (Å²) in [5.74, 6) is -0.460. The molecule has 0 saturated carbocycles. The topological polar surface area (TPSA) is 74.4 Å². The fourth-order valence-corrected chi connectivity index (χ4v) is 1.60. The first-order valence-corrected chi connectivity index (χ1v) is 7.54. The van der Waals surface area contributed by atoms with Crippen LogP contribution in [0.25, 0.3) is 0 Å². The first-order valence-electron chi connectivity index (χ1n) is 5.27. The maximum atomic E-state index is 11.5. The van der Waals surface area contributed by atoms with Gasteiger partial charge in [-0.25, -0.2) is 13.4 Å². The molecule has 0 radical (unpaired) electrons. The van der Waals surface area contributed by atoms with Gasteiger partial charge in [0, 0.05) is 12.3 Å². The van der Waals surface area contributed by atoms with Crippen LogP contribution in [0.15, 0.2) is 10.4 Å². The smallest absolute Gasteiger partial charge is 0.313 e. The Kier molecular flexibility index (Phi) is 6.02. The Morgan fingerprint density at radius 1 is 1.50 bits per heavy atom. The van der Waals surface area contributed by atoms with Crippen LogP contribution in [0.1, 0.15) is 27.2 Å². The van der Waals surface area contributed by atoms with Crippen LogP contribution in [0.2, 0.25) is 0 Å². The SMILES string of the molecule is C=[NH+][C@H](/C=C(\Cl)S(C)(=O)=O)CC(=O)OC(C)(C)C. The zero-order valence-corrected chi connectivity index (χ0v) is 12.6. The lowest BCUT2D eigenvalue weighted by Gasteiger charge is -2.19. The van der Waals surface area contributed by atoms with E-state index in [0.29, 0.717) is 0 Å². The van der Waals surface area contributed by atoms with Crippen molar-refractivity contribution in [3.05, 3.63) is 10.4 Å². The highest BCUT2D eigenvalue weighted by molar-refractivity contribution is 7.96. The molecule has 0 aromatic carbocycles. The highest BCUT2D eigenvalue weighted by Gasteiger charge is 2.22. The molecule has 0 aromatic rings. The number of hydrogen-bond acceptors (Lipinski definition) is 4. The molecule has 5 nitrogen and oxygen atoms in total. The minimum absolute atomic E-state index is 0.0491. The molecule has 0 aliphatic rings. The predicted molar refractivity (Wildman–Crippen MR) is 71.1 cm³/mol. The van der Waals surface area contributed by atoms with E-state index in [1.54, 1.807) is 20.8 Å². The van der Waals surface area contributed by atoms with Crippen molar-refractivity contribution >= 4 is 34.1 Å². The molecule has 0 rings (SSSR count). The number of carbonyl (C=O) groups is 1. The van der Waals surface area contributed by atoms with Crippen molar-refractivity contribution in [1.82, 2.24) is 0 Å². The van der Waals surface area contributed by atoms with E-state index in [4.69, 9.17) is 16.3 Å². The molecular weight excluding hydrogens is 278 g/mol. The first kappa shape index (κ1) is 17.1. The van der Waals surface area contributed by atoms with Crippen LogP contribution >= 0.6 is 11.6 Å². The third-order valence-electron chi connectivity index (χ3n) is 1.76.